The van der Waals surface area contributed by atoms with Crippen molar-refractivity contribution in [2.45, 2.75) is 45.1 Å². The second-order valence-corrected chi connectivity index (χ2v) is 5.61. The molecule has 0 saturated heterocycles. The van der Waals surface area contributed by atoms with E-state index in [1.165, 1.54) is 37.7 Å². The van der Waals surface area contributed by atoms with E-state index >= 15 is 0 Å². The first kappa shape index (κ1) is 14.4. The zero-order valence-electron chi connectivity index (χ0n) is 12.1. The normalized spacial score (nSPS) is 25.0. The van der Waals surface area contributed by atoms with Gasteiger partial charge in [-0.1, -0.05) is 38.3 Å². The fourth-order valence-electron chi connectivity index (χ4n) is 3.25. The van der Waals surface area contributed by atoms with Gasteiger partial charge >= 0.3 is 0 Å². The van der Waals surface area contributed by atoms with Gasteiger partial charge in [0.2, 0.25) is 0 Å². The van der Waals surface area contributed by atoms with E-state index < -0.39 is 0 Å². The molecule has 106 valence electrons. The minimum atomic E-state index is 0.267. The van der Waals surface area contributed by atoms with Crippen LogP contribution in [0.3, 0.4) is 0 Å². The van der Waals surface area contributed by atoms with Crippen LogP contribution in [0.4, 0.5) is 0 Å². The van der Waals surface area contributed by atoms with E-state index in [1.54, 1.807) is 7.11 Å². The highest BCUT2D eigenvalue weighted by molar-refractivity contribution is 5.29. The van der Waals surface area contributed by atoms with Crippen LogP contribution in [0.15, 0.2) is 24.3 Å². The third-order valence-corrected chi connectivity index (χ3v) is 4.59. The van der Waals surface area contributed by atoms with Crippen molar-refractivity contribution >= 4 is 0 Å². The van der Waals surface area contributed by atoms with Gasteiger partial charge in [0.15, 0.2) is 0 Å². The van der Waals surface area contributed by atoms with Crippen molar-refractivity contribution < 1.29 is 4.74 Å². The summed E-state index contributed by atoms with van der Waals surface area (Å²) in [6.07, 6.45) is 6.56. The van der Waals surface area contributed by atoms with Gasteiger partial charge < -0.3 is 4.74 Å². The second-order valence-electron chi connectivity index (χ2n) is 5.61. The minimum Gasteiger partial charge on any atom is -0.497 e. The Morgan fingerprint density at radius 1 is 1.21 bits per heavy atom. The van der Waals surface area contributed by atoms with Crippen LogP contribution in [-0.2, 0) is 0 Å². The molecule has 1 aromatic rings. The zero-order valence-corrected chi connectivity index (χ0v) is 12.1. The van der Waals surface area contributed by atoms with Crippen molar-refractivity contribution in [3.63, 3.8) is 0 Å². The highest BCUT2D eigenvalue weighted by Crippen LogP contribution is 2.37. The molecule has 2 rings (SSSR count). The lowest BCUT2D eigenvalue weighted by molar-refractivity contribution is 0.219. The maximum absolute atomic E-state index is 5.79. The minimum absolute atomic E-state index is 0.267. The summed E-state index contributed by atoms with van der Waals surface area (Å²) in [5.74, 6) is 8.27. The molecule has 19 heavy (non-hydrogen) atoms. The standard InChI is InChI=1S/C16H26N2O/c1-3-12-4-6-13(7-5-12)16(18-17)14-8-10-15(19-2)11-9-14/h8-13,16,18H,3-7,17H2,1-2H3. The molecular formula is C16H26N2O. The fourth-order valence-corrected chi connectivity index (χ4v) is 3.25. The molecule has 1 aliphatic carbocycles. The first-order chi connectivity index (χ1) is 9.28. The third kappa shape index (κ3) is 3.48. The monoisotopic (exact) mass is 262 g/mol. The number of hydrogen-bond donors (Lipinski definition) is 2. The molecule has 0 aliphatic heterocycles. The first-order valence-electron chi connectivity index (χ1n) is 7.38. The highest BCUT2D eigenvalue weighted by Gasteiger charge is 2.27. The Bertz CT molecular complexity index is 369. The fraction of sp³-hybridized carbons (Fsp3) is 0.625. The van der Waals surface area contributed by atoms with Crippen LogP contribution < -0.4 is 16.0 Å². The summed E-state index contributed by atoms with van der Waals surface area (Å²) in [4.78, 5) is 0. The number of benzene rings is 1. The molecule has 3 nitrogen and oxygen atoms in total. The Balaban J connectivity index is 2.03. The van der Waals surface area contributed by atoms with E-state index in [1.807, 2.05) is 12.1 Å². The maximum atomic E-state index is 5.79. The molecule has 0 spiro atoms. The van der Waals surface area contributed by atoms with Crippen LogP contribution in [0.25, 0.3) is 0 Å². The van der Waals surface area contributed by atoms with Crippen LogP contribution in [0.1, 0.15) is 50.6 Å². The molecule has 1 atom stereocenters. The Hall–Kier alpha value is -1.06. The van der Waals surface area contributed by atoms with Gasteiger partial charge in [0.25, 0.3) is 0 Å². The Labute approximate surface area is 116 Å². The molecule has 3 N–H and O–H groups in total. The van der Waals surface area contributed by atoms with Crippen molar-refractivity contribution in [1.29, 1.82) is 0 Å². The summed E-state index contributed by atoms with van der Waals surface area (Å²) in [5.41, 5.74) is 4.28. The molecule has 1 fully saturated rings. The summed E-state index contributed by atoms with van der Waals surface area (Å²) in [7, 11) is 1.69. The predicted octanol–water partition coefficient (Wildman–Crippen LogP) is 3.42. The van der Waals surface area contributed by atoms with Crippen LogP contribution >= 0.6 is 0 Å². The van der Waals surface area contributed by atoms with E-state index in [0.717, 1.165) is 11.7 Å². The highest BCUT2D eigenvalue weighted by atomic mass is 16.5. The van der Waals surface area contributed by atoms with Gasteiger partial charge in [-0.25, -0.2) is 0 Å². The molecule has 0 heterocycles. The van der Waals surface area contributed by atoms with E-state index in [2.05, 4.69) is 24.5 Å². The lowest BCUT2D eigenvalue weighted by Crippen LogP contribution is -2.35. The molecule has 1 aromatic carbocycles. The van der Waals surface area contributed by atoms with E-state index in [-0.39, 0.29) is 6.04 Å². The second kappa shape index (κ2) is 6.92. The largest absolute Gasteiger partial charge is 0.497 e. The first-order valence-corrected chi connectivity index (χ1v) is 7.38. The summed E-state index contributed by atoms with van der Waals surface area (Å²) >= 11 is 0. The van der Waals surface area contributed by atoms with Gasteiger partial charge in [-0.05, 0) is 42.4 Å². The third-order valence-electron chi connectivity index (χ3n) is 4.59. The van der Waals surface area contributed by atoms with Gasteiger partial charge in [0, 0.05) is 6.04 Å². The number of nitrogens with two attached hydrogens (primary N) is 1. The van der Waals surface area contributed by atoms with Gasteiger partial charge in [0.05, 0.1) is 7.11 Å². The van der Waals surface area contributed by atoms with E-state index in [4.69, 9.17) is 10.6 Å². The van der Waals surface area contributed by atoms with Crippen molar-refractivity contribution in [2.24, 2.45) is 17.7 Å². The van der Waals surface area contributed by atoms with Gasteiger partial charge in [0.1, 0.15) is 5.75 Å². The van der Waals surface area contributed by atoms with Crippen molar-refractivity contribution in [3.8, 4) is 5.75 Å². The van der Waals surface area contributed by atoms with Crippen LogP contribution in [0.5, 0.6) is 5.75 Å². The van der Waals surface area contributed by atoms with Crippen molar-refractivity contribution in [3.05, 3.63) is 29.8 Å². The average Bonchev–Trinajstić information content (AvgIpc) is 2.49. The maximum Gasteiger partial charge on any atom is 0.118 e. The molecule has 0 radical (unpaired) electrons. The van der Waals surface area contributed by atoms with Gasteiger partial charge in [-0.3, -0.25) is 11.3 Å². The molecule has 1 saturated carbocycles. The number of rotatable bonds is 5. The Morgan fingerprint density at radius 2 is 1.84 bits per heavy atom. The quantitative estimate of drug-likeness (QED) is 0.631. The lowest BCUT2D eigenvalue weighted by Gasteiger charge is -2.33. The van der Waals surface area contributed by atoms with Gasteiger partial charge in [-0.15, -0.1) is 0 Å². The molecule has 1 aliphatic rings. The summed E-state index contributed by atoms with van der Waals surface area (Å²) < 4.78 is 5.20. The number of methoxy groups -OCH3 is 1. The van der Waals surface area contributed by atoms with Crippen molar-refractivity contribution in [2.75, 3.05) is 7.11 Å². The molecule has 0 amide bonds. The number of hydrogen-bond acceptors (Lipinski definition) is 3. The van der Waals surface area contributed by atoms with Crippen LogP contribution in [0.2, 0.25) is 0 Å². The zero-order chi connectivity index (χ0) is 13.7. The smallest absolute Gasteiger partial charge is 0.118 e. The molecule has 1 unspecified atom stereocenters. The SMILES string of the molecule is CCC1CCC(C(NN)c2ccc(OC)cc2)CC1. The topological polar surface area (TPSA) is 47.3 Å². The Kier molecular flexibility index (Phi) is 5.23. The van der Waals surface area contributed by atoms with E-state index in [9.17, 15) is 0 Å². The molecular weight excluding hydrogens is 236 g/mol. The summed E-state index contributed by atoms with van der Waals surface area (Å²) in [6, 6.07) is 8.53. The number of ether oxygens (including phenoxy) is 1. The van der Waals surface area contributed by atoms with Crippen molar-refractivity contribution in [1.82, 2.24) is 5.43 Å². The molecule has 0 bridgehead atoms. The van der Waals surface area contributed by atoms with Gasteiger partial charge in [-0.2, -0.15) is 0 Å². The Morgan fingerprint density at radius 3 is 2.32 bits per heavy atom. The summed E-state index contributed by atoms with van der Waals surface area (Å²) in [6.45, 7) is 2.30. The predicted molar refractivity (Wildman–Crippen MR) is 78.8 cm³/mol. The van der Waals surface area contributed by atoms with Crippen LogP contribution in [-0.4, -0.2) is 7.11 Å². The average molecular weight is 262 g/mol. The van der Waals surface area contributed by atoms with E-state index in [0.29, 0.717) is 5.92 Å². The lowest BCUT2D eigenvalue weighted by atomic mass is 9.76. The summed E-state index contributed by atoms with van der Waals surface area (Å²) in [5, 5.41) is 0. The number of nitrogens with one attached hydrogen (secondary N) is 1. The molecule has 0 aromatic heterocycles. The molecule has 3 heteroatoms. The number of hydrazine groups is 1. The van der Waals surface area contributed by atoms with Crippen LogP contribution in [0, 0.1) is 11.8 Å².